The lowest BCUT2D eigenvalue weighted by atomic mass is 9.85. The summed E-state index contributed by atoms with van der Waals surface area (Å²) in [4.78, 5) is 110. The third kappa shape index (κ3) is 19.3. The first-order valence-electron chi connectivity index (χ1n) is 11.6. The third-order valence-corrected chi connectivity index (χ3v) is 8.17. The number of hydrogen-bond acceptors (Lipinski definition) is 18. The monoisotopic (exact) mass is 841 g/mol. The molecule has 290 valence electrons. The van der Waals surface area contributed by atoms with Gasteiger partial charge < -0.3 is 90.0 Å². The summed E-state index contributed by atoms with van der Waals surface area (Å²) in [6.07, 6.45) is -24.8. The molecule has 0 aromatic rings. The van der Waals surface area contributed by atoms with Crippen LogP contribution in [0.25, 0.3) is 0 Å². The molecule has 0 bridgehead atoms. The molecule has 1 saturated carbocycles. The molecule has 0 saturated heterocycles. The van der Waals surface area contributed by atoms with Crippen molar-refractivity contribution in [3.8, 4) is 0 Å². The number of phosphoric ester groups is 6. The van der Waals surface area contributed by atoms with Gasteiger partial charge in [-0.3, -0.25) is 27.1 Å². The second-order valence-electron chi connectivity index (χ2n) is 8.90. The maximum Gasteiger partial charge on any atom is 0.470 e. The van der Waals surface area contributed by atoms with Crippen LogP contribution in [-0.2, 0) is 54.5 Å². The Labute approximate surface area is 266 Å². The van der Waals surface area contributed by atoms with Crippen molar-refractivity contribution in [3.05, 3.63) is 0 Å². The molecule has 19 N–H and O–H groups in total. The summed E-state index contributed by atoms with van der Waals surface area (Å²) < 4.78 is 93.1. The molecule has 0 aliphatic heterocycles. The SMILES string of the molecule is NC[C@H](O)[C@@H](O)[C@H](O)[C@H](O)CO.O=P(O)(O)O[C@H]1[C@H](OP(=O)(O)O)[C@@H](OP(=O)(O)O)[C@H](OP(=O)(O)O)[C@@H](OP(=O)(O)O)[C@H]1OP(=O)(O)O. The molecule has 0 aromatic carbocycles. The second kappa shape index (κ2) is 18.4. The number of aliphatic hydroxyl groups is 5. The van der Waals surface area contributed by atoms with Crippen LogP contribution in [0.1, 0.15) is 0 Å². The summed E-state index contributed by atoms with van der Waals surface area (Å²) in [7, 11) is -36.1. The number of hydrogen-bond donors (Lipinski definition) is 18. The van der Waals surface area contributed by atoms with Crippen LogP contribution >= 0.6 is 46.9 Å². The molecule has 0 radical (unpaired) electrons. The largest absolute Gasteiger partial charge is 0.470 e. The van der Waals surface area contributed by atoms with E-state index in [0.717, 1.165) is 0 Å². The van der Waals surface area contributed by atoms with E-state index in [4.69, 9.17) is 90.0 Å². The molecular formula is C12H33NO29P6. The quantitative estimate of drug-likeness (QED) is 0.0605. The predicted octanol–water partition coefficient (Wildman–Crippen LogP) is -6.75. The zero-order valence-corrected chi connectivity index (χ0v) is 28.3. The highest BCUT2D eigenvalue weighted by Gasteiger charge is 2.62. The van der Waals surface area contributed by atoms with Gasteiger partial charge in [0.2, 0.25) is 0 Å². The van der Waals surface area contributed by atoms with Gasteiger partial charge in [0.25, 0.3) is 0 Å². The van der Waals surface area contributed by atoms with Crippen LogP contribution in [-0.4, -0.2) is 158 Å². The summed E-state index contributed by atoms with van der Waals surface area (Å²) in [6, 6.07) is 0. The Morgan fingerprint density at radius 2 is 0.583 bits per heavy atom. The third-order valence-electron chi connectivity index (χ3n) is 5.06. The summed E-state index contributed by atoms with van der Waals surface area (Å²) in [6.45, 7) is -0.911. The normalized spacial score (nSPS) is 27.4. The highest BCUT2D eigenvalue weighted by Crippen LogP contribution is 2.57. The lowest BCUT2D eigenvalue weighted by molar-refractivity contribution is -0.202. The van der Waals surface area contributed by atoms with Crippen LogP contribution in [0.2, 0.25) is 0 Å². The van der Waals surface area contributed by atoms with Crippen LogP contribution in [0.3, 0.4) is 0 Å². The molecule has 1 rings (SSSR count). The van der Waals surface area contributed by atoms with Crippen LogP contribution in [0, 0.1) is 0 Å². The van der Waals surface area contributed by atoms with Crippen molar-refractivity contribution >= 4 is 46.9 Å². The first-order valence-corrected chi connectivity index (χ1v) is 20.8. The van der Waals surface area contributed by atoms with Gasteiger partial charge >= 0.3 is 46.9 Å². The smallest absolute Gasteiger partial charge is 0.394 e. The highest BCUT2D eigenvalue weighted by atomic mass is 31.2. The fraction of sp³-hybridized carbons (Fsp3) is 1.00. The molecule has 0 heterocycles. The van der Waals surface area contributed by atoms with Crippen molar-refractivity contribution in [2.24, 2.45) is 5.73 Å². The minimum atomic E-state index is -6.02. The van der Waals surface area contributed by atoms with Gasteiger partial charge in [-0.25, -0.2) is 27.4 Å². The standard InChI is InChI=1S/C6H15NO5.C6H18O24P6/c7-1-3(9)5(11)6(12)4(10)2-8;7-31(8,9)25-1-2(26-32(10,11)12)4(28-34(16,17)18)6(30-36(22,23)24)5(29-35(19,20)21)3(1)27-33(13,14)15/h3-6,8-12H,1-2,7H2;1-6H,(H2,7,8,9)(H2,10,11,12)(H2,13,14,15)(H2,16,17,18)(H2,19,20,21)(H2,22,23,24)/t3-,4+,5+,6+;1-,2-,3-,4+,5-,6-/m0./s1. The second-order valence-corrected chi connectivity index (χ2v) is 16.0. The Hall–Kier alpha value is 0.420. The molecule has 1 fully saturated rings. The first-order chi connectivity index (χ1) is 21.1. The van der Waals surface area contributed by atoms with Gasteiger partial charge in [0.15, 0.2) is 0 Å². The molecule has 0 aromatic heterocycles. The minimum absolute atomic E-state index is 0.226. The van der Waals surface area contributed by atoms with Gasteiger partial charge in [0.1, 0.15) is 54.9 Å². The topological polar surface area (TPSA) is 528 Å². The Kier molecular flexibility index (Phi) is 18.6. The maximum atomic E-state index is 11.4. The Morgan fingerprint density at radius 3 is 0.708 bits per heavy atom. The van der Waals surface area contributed by atoms with Gasteiger partial charge in [-0.15, -0.1) is 0 Å². The average molecular weight is 841 g/mol. The van der Waals surface area contributed by atoms with E-state index < -0.39 is 115 Å². The zero-order valence-electron chi connectivity index (χ0n) is 22.9. The van der Waals surface area contributed by atoms with E-state index in [1.807, 2.05) is 0 Å². The Balaban J connectivity index is 0.00000155. The van der Waals surface area contributed by atoms with Crippen molar-refractivity contribution in [2.45, 2.75) is 61.0 Å². The minimum Gasteiger partial charge on any atom is -0.394 e. The molecular weight excluding hydrogens is 808 g/mol. The predicted molar refractivity (Wildman–Crippen MR) is 142 cm³/mol. The molecule has 0 spiro atoms. The van der Waals surface area contributed by atoms with Crippen molar-refractivity contribution in [2.75, 3.05) is 13.2 Å². The van der Waals surface area contributed by atoms with E-state index in [1.54, 1.807) is 0 Å². The molecule has 0 unspecified atom stereocenters. The van der Waals surface area contributed by atoms with Crippen molar-refractivity contribution in [1.82, 2.24) is 0 Å². The maximum absolute atomic E-state index is 11.4. The van der Waals surface area contributed by atoms with Crippen LogP contribution in [0.15, 0.2) is 0 Å². The lowest BCUT2D eigenvalue weighted by Crippen LogP contribution is -2.66. The van der Waals surface area contributed by atoms with E-state index in [9.17, 15) is 27.4 Å². The Morgan fingerprint density at radius 1 is 0.417 bits per heavy atom. The number of phosphoric acid groups is 6. The summed E-state index contributed by atoms with van der Waals surface area (Å²) >= 11 is 0. The van der Waals surface area contributed by atoms with Crippen molar-refractivity contribution in [1.29, 1.82) is 0 Å². The molecule has 0 amide bonds. The lowest BCUT2D eigenvalue weighted by Gasteiger charge is -2.48. The average Bonchev–Trinajstić information content (AvgIpc) is 2.84. The van der Waals surface area contributed by atoms with Crippen molar-refractivity contribution < 1.29 is 139 Å². The summed E-state index contributed by atoms with van der Waals surface area (Å²) in [5.74, 6) is 0. The number of aliphatic hydroxyl groups excluding tert-OH is 5. The van der Waals surface area contributed by atoms with Crippen LogP contribution in [0.4, 0.5) is 0 Å². The number of rotatable bonds is 17. The molecule has 36 heteroatoms. The van der Waals surface area contributed by atoms with Crippen LogP contribution in [0.5, 0.6) is 0 Å². The van der Waals surface area contributed by atoms with Gasteiger partial charge in [-0.1, -0.05) is 0 Å². The van der Waals surface area contributed by atoms with Crippen LogP contribution < -0.4 is 5.73 Å². The molecule has 1 aliphatic rings. The fourth-order valence-corrected chi connectivity index (χ4v) is 6.84. The van der Waals surface area contributed by atoms with Gasteiger partial charge in [-0.05, 0) is 0 Å². The first kappa shape index (κ1) is 48.4. The fourth-order valence-electron chi connectivity index (χ4n) is 3.50. The highest BCUT2D eigenvalue weighted by molar-refractivity contribution is 7.47. The van der Waals surface area contributed by atoms with Gasteiger partial charge in [0.05, 0.1) is 12.7 Å². The van der Waals surface area contributed by atoms with Gasteiger partial charge in [0, 0.05) is 6.54 Å². The summed E-state index contributed by atoms with van der Waals surface area (Å²) in [5.41, 5.74) is 4.99. The molecule has 48 heavy (non-hydrogen) atoms. The number of nitrogens with two attached hydrogens (primary N) is 1. The van der Waals surface area contributed by atoms with Crippen molar-refractivity contribution in [3.63, 3.8) is 0 Å². The molecule has 1 aliphatic carbocycles. The zero-order chi connectivity index (χ0) is 38.4. The van der Waals surface area contributed by atoms with E-state index in [2.05, 4.69) is 27.1 Å². The summed E-state index contributed by atoms with van der Waals surface area (Å²) in [5, 5.41) is 44.2. The van der Waals surface area contributed by atoms with E-state index in [-0.39, 0.29) is 6.54 Å². The van der Waals surface area contributed by atoms with E-state index >= 15 is 0 Å². The molecule has 30 nitrogen and oxygen atoms in total. The van der Waals surface area contributed by atoms with E-state index in [1.165, 1.54) is 0 Å². The van der Waals surface area contributed by atoms with E-state index in [0.29, 0.717) is 0 Å². The van der Waals surface area contributed by atoms with Gasteiger partial charge in [-0.2, -0.15) is 0 Å². The Bertz CT molecular complexity index is 1050. The molecule has 4 atom stereocenters.